The fourth-order valence-corrected chi connectivity index (χ4v) is 4.41. The molecule has 4 aromatic rings. The van der Waals surface area contributed by atoms with E-state index in [1.165, 1.54) is 5.56 Å². The molecule has 1 fully saturated rings. The zero-order chi connectivity index (χ0) is 21.8. The monoisotopic (exact) mass is 428 g/mol. The molecular formula is C27H28N2O3. The lowest BCUT2D eigenvalue weighted by atomic mass is 9.84. The number of hydrogen-bond acceptors (Lipinski definition) is 5. The van der Waals surface area contributed by atoms with Gasteiger partial charge in [0.15, 0.2) is 5.58 Å². The van der Waals surface area contributed by atoms with Gasteiger partial charge in [-0.15, -0.1) is 0 Å². The quantitative estimate of drug-likeness (QED) is 0.419. The molecule has 5 heteroatoms. The first kappa shape index (κ1) is 20.7. The van der Waals surface area contributed by atoms with Gasteiger partial charge in [-0.05, 0) is 67.6 Å². The first-order valence-electron chi connectivity index (χ1n) is 11.3. The van der Waals surface area contributed by atoms with Crippen molar-refractivity contribution >= 4 is 11.1 Å². The standard InChI is InChI=1S/C27H28N2O3/c30-27(22-8-2-1-3-9-22)16-19-29(20-17-27)18-6-7-21-12-14-23(15-13-21)31-26-28-24-10-4-5-11-25(24)32-26/h1-5,8-15,30H,6-7,16-20H2. The first-order valence-corrected chi connectivity index (χ1v) is 11.3. The highest BCUT2D eigenvalue weighted by molar-refractivity contribution is 5.72. The minimum absolute atomic E-state index is 0.263. The van der Waals surface area contributed by atoms with Gasteiger partial charge < -0.3 is 19.2 Å². The van der Waals surface area contributed by atoms with Crippen molar-refractivity contribution in [2.45, 2.75) is 31.3 Å². The summed E-state index contributed by atoms with van der Waals surface area (Å²) in [5, 5.41) is 11.0. The zero-order valence-electron chi connectivity index (χ0n) is 18.1. The summed E-state index contributed by atoms with van der Waals surface area (Å²) in [6.07, 6.45) is 3.95. The van der Waals surface area contributed by atoms with Crippen molar-refractivity contribution in [2.75, 3.05) is 19.6 Å². The van der Waals surface area contributed by atoms with E-state index in [1.807, 2.05) is 66.7 Å². The number of aliphatic hydroxyl groups is 1. The zero-order valence-corrected chi connectivity index (χ0v) is 18.1. The maximum Gasteiger partial charge on any atom is 0.400 e. The lowest BCUT2D eigenvalue weighted by Crippen LogP contribution is -2.42. The van der Waals surface area contributed by atoms with E-state index in [0.717, 1.165) is 67.7 Å². The molecule has 1 aliphatic rings. The van der Waals surface area contributed by atoms with E-state index in [4.69, 9.17) is 9.15 Å². The molecule has 0 unspecified atom stereocenters. The Morgan fingerprint density at radius 3 is 2.38 bits per heavy atom. The van der Waals surface area contributed by atoms with Gasteiger partial charge in [0.05, 0.1) is 5.60 Å². The summed E-state index contributed by atoms with van der Waals surface area (Å²) in [7, 11) is 0. The van der Waals surface area contributed by atoms with Gasteiger partial charge >= 0.3 is 6.08 Å². The predicted octanol–water partition coefficient (Wildman–Crippen LogP) is 5.54. The van der Waals surface area contributed by atoms with Crippen LogP contribution in [0.15, 0.2) is 83.3 Å². The van der Waals surface area contributed by atoms with Crippen LogP contribution in [-0.4, -0.2) is 34.6 Å². The summed E-state index contributed by atoms with van der Waals surface area (Å²) >= 11 is 0. The molecule has 0 aliphatic carbocycles. The summed E-state index contributed by atoms with van der Waals surface area (Å²) in [6, 6.07) is 25.8. The first-order chi connectivity index (χ1) is 15.7. The second-order valence-electron chi connectivity index (χ2n) is 8.54. The van der Waals surface area contributed by atoms with Crippen LogP contribution in [0.3, 0.4) is 0 Å². The third-order valence-corrected chi connectivity index (χ3v) is 6.34. The Bertz CT molecular complexity index is 1110. The number of para-hydroxylation sites is 2. The Balaban J connectivity index is 1.08. The van der Waals surface area contributed by atoms with Crippen LogP contribution in [0.5, 0.6) is 11.8 Å². The number of ether oxygens (including phenoxy) is 1. The molecule has 1 aliphatic heterocycles. The fraction of sp³-hybridized carbons (Fsp3) is 0.296. The Morgan fingerprint density at radius 2 is 1.62 bits per heavy atom. The molecule has 0 spiro atoms. The second-order valence-corrected chi connectivity index (χ2v) is 8.54. The van der Waals surface area contributed by atoms with Crippen molar-refractivity contribution in [2.24, 2.45) is 0 Å². The van der Waals surface area contributed by atoms with Gasteiger partial charge in [0.25, 0.3) is 0 Å². The molecule has 32 heavy (non-hydrogen) atoms. The highest BCUT2D eigenvalue weighted by Gasteiger charge is 2.33. The normalized spacial score (nSPS) is 16.3. The van der Waals surface area contributed by atoms with Gasteiger partial charge in [0, 0.05) is 13.1 Å². The molecular weight excluding hydrogens is 400 g/mol. The Hall–Kier alpha value is -3.15. The molecule has 0 amide bonds. The van der Waals surface area contributed by atoms with Crippen molar-refractivity contribution < 1.29 is 14.3 Å². The summed E-state index contributed by atoms with van der Waals surface area (Å²) in [5.41, 5.74) is 3.16. The van der Waals surface area contributed by atoms with E-state index in [2.05, 4.69) is 22.0 Å². The Kier molecular flexibility index (Phi) is 5.93. The number of likely N-dealkylation sites (tertiary alicyclic amines) is 1. The van der Waals surface area contributed by atoms with Crippen molar-refractivity contribution in [3.63, 3.8) is 0 Å². The molecule has 1 saturated heterocycles. The molecule has 0 bridgehead atoms. The van der Waals surface area contributed by atoms with Crippen LogP contribution in [0.25, 0.3) is 11.1 Å². The van der Waals surface area contributed by atoms with Crippen LogP contribution in [0, 0.1) is 0 Å². The van der Waals surface area contributed by atoms with Crippen molar-refractivity contribution in [3.05, 3.63) is 90.0 Å². The molecule has 5 nitrogen and oxygen atoms in total. The SMILES string of the molecule is OC1(c2ccccc2)CCN(CCCc2ccc(Oc3nc4ccccc4o3)cc2)CC1. The molecule has 0 radical (unpaired) electrons. The molecule has 0 saturated carbocycles. The second kappa shape index (κ2) is 9.15. The van der Waals surface area contributed by atoms with Crippen molar-refractivity contribution in [3.8, 4) is 11.8 Å². The van der Waals surface area contributed by atoms with Crippen molar-refractivity contribution in [1.29, 1.82) is 0 Å². The van der Waals surface area contributed by atoms with Gasteiger partial charge in [-0.3, -0.25) is 0 Å². The lowest BCUT2D eigenvalue weighted by molar-refractivity contribution is -0.0259. The van der Waals surface area contributed by atoms with E-state index in [9.17, 15) is 5.11 Å². The number of hydrogen-bond donors (Lipinski definition) is 1. The number of aryl methyl sites for hydroxylation is 1. The van der Waals surface area contributed by atoms with Gasteiger partial charge in [0.1, 0.15) is 11.3 Å². The number of rotatable bonds is 7. The summed E-state index contributed by atoms with van der Waals surface area (Å²) in [6.45, 7) is 2.91. The summed E-state index contributed by atoms with van der Waals surface area (Å²) < 4.78 is 11.4. The third-order valence-electron chi connectivity index (χ3n) is 6.34. The minimum Gasteiger partial charge on any atom is -0.411 e. The van der Waals surface area contributed by atoms with Crippen LogP contribution in [-0.2, 0) is 12.0 Å². The van der Waals surface area contributed by atoms with E-state index in [0.29, 0.717) is 0 Å². The van der Waals surface area contributed by atoms with Gasteiger partial charge in [-0.2, -0.15) is 4.98 Å². The van der Waals surface area contributed by atoms with Crippen LogP contribution >= 0.6 is 0 Å². The van der Waals surface area contributed by atoms with Crippen LogP contribution in [0.2, 0.25) is 0 Å². The smallest absolute Gasteiger partial charge is 0.400 e. The summed E-state index contributed by atoms with van der Waals surface area (Å²) in [5.74, 6) is 0.719. The number of fused-ring (bicyclic) bond motifs is 1. The highest BCUT2D eigenvalue weighted by Crippen LogP contribution is 2.32. The highest BCUT2D eigenvalue weighted by atomic mass is 16.6. The third kappa shape index (κ3) is 4.69. The number of piperidine rings is 1. The van der Waals surface area contributed by atoms with E-state index in [1.54, 1.807) is 0 Å². The number of oxazole rings is 1. The number of nitrogens with zero attached hydrogens (tertiary/aromatic N) is 2. The maximum absolute atomic E-state index is 11.0. The van der Waals surface area contributed by atoms with Crippen LogP contribution < -0.4 is 4.74 Å². The molecule has 164 valence electrons. The van der Waals surface area contributed by atoms with E-state index in [-0.39, 0.29) is 6.08 Å². The van der Waals surface area contributed by atoms with E-state index >= 15 is 0 Å². The fourth-order valence-electron chi connectivity index (χ4n) is 4.41. The maximum atomic E-state index is 11.0. The molecule has 1 aromatic heterocycles. The predicted molar refractivity (Wildman–Crippen MR) is 125 cm³/mol. The molecule has 1 N–H and O–H groups in total. The van der Waals surface area contributed by atoms with Crippen LogP contribution in [0.1, 0.15) is 30.4 Å². The largest absolute Gasteiger partial charge is 0.411 e. The molecule has 0 atom stereocenters. The number of benzene rings is 3. The average molecular weight is 429 g/mol. The van der Waals surface area contributed by atoms with Gasteiger partial charge in [0.2, 0.25) is 0 Å². The minimum atomic E-state index is -0.678. The van der Waals surface area contributed by atoms with Crippen molar-refractivity contribution in [1.82, 2.24) is 9.88 Å². The molecule has 3 aromatic carbocycles. The summed E-state index contributed by atoms with van der Waals surface area (Å²) in [4.78, 5) is 6.81. The van der Waals surface area contributed by atoms with Crippen LogP contribution in [0.4, 0.5) is 0 Å². The average Bonchev–Trinajstić information content (AvgIpc) is 3.24. The van der Waals surface area contributed by atoms with E-state index < -0.39 is 5.60 Å². The molecule has 2 heterocycles. The Morgan fingerprint density at radius 1 is 0.906 bits per heavy atom. The Labute approximate surface area is 188 Å². The topological polar surface area (TPSA) is 58.7 Å². The number of aromatic nitrogens is 1. The van der Waals surface area contributed by atoms with Gasteiger partial charge in [-0.25, -0.2) is 0 Å². The lowest BCUT2D eigenvalue weighted by Gasteiger charge is -2.38. The molecule has 5 rings (SSSR count). The van der Waals surface area contributed by atoms with Gasteiger partial charge in [-0.1, -0.05) is 54.6 Å².